The second kappa shape index (κ2) is 10.4. The highest BCUT2D eigenvalue weighted by molar-refractivity contribution is 6.10. The van der Waals surface area contributed by atoms with Crippen molar-refractivity contribution in [2.75, 3.05) is 38.2 Å². The summed E-state index contributed by atoms with van der Waals surface area (Å²) in [6.45, 7) is 3.27. The number of carbonyl (C=O) groups is 1. The van der Waals surface area contributed by atoms with Gasteiger partial charge >= 0.3 is 0 Å². The number of nitrogens with one attached hydrogen (secondary N) is 1. The molecule has 1 fully saturated rings. The Bertz CT molecular complexity index is 1530. The molecule has 8 heteroatoms. The zero-order valence-electron chi connectivity index (χ0n) is 21.1. The smallest absolute Gasteiger partial charge is 0.225 e. The number of benzene rings is 3. The maximum absolute atomic E-state index is 13.0. The first-order chi connectivity index (χ1) is 18.7. The summed E-state index contributed by atoms with van der Waals surface area (Å²) in [5.74, 6) is 2.41. The van der Waals surface area contributed by atoms with Crippen LogP contribution in [0.5, 0.6) is 5.75 Å². The van der Waals surface area contributed by atoms with E-state index >= 15 is 0 Å². The third-order valence-electron chi connectivity index (χ3n) is 7.00. The van der Waals surface area contributed by atoms with E-state index in [1.807, 2.05) is 66.7 Å². The maximum Gasteiger partial charge on any atom is 0.225 e. The Labute approximate surface area is 220 Å². The lowest BCUT2D eigenvalue weighted by Gasteiger charge is -2.38. The molecule has 3 aromatic carbocycles. The molecule has 0 bridgehead atoms. The standard InChI is InChI=1S/C30H28N6O2/c1-38-24-11-8-21(9-12-24)27(35-16-18-36(19-17-35)30-31-14-5-15-32-30)29-33-25-13-10-23(20-26(25)34-29)28(37)22-6-3-2-4-7-22/h2-15,20,27H,16-19H2,1H3,(H,33,34). The Morgan fingerprint density at radius 2 is 1.61 bits per heavy atom. The number of aromatic nitrogens is 4. The number of rotatable bonds is 7. The third-order valence-corrected chi connectivity index (χ3v) is 7.00. The third kappa shape index (κ3) is 4.73. The fourth-order valence-corrected chi connectivity index (χ4v) is 5.02. The maximum atomic E-state index is 13.0. The van der Waals surface area contributed by atoms with Crippen molar-refractivity contribution in [2.24, 2.45) is 0 Å². The Balaban J connectivity index is 1.32. The van der Waals surface area contributed by atoms with Crippen LogP contribution in [0.1, 0.15) is 33.4 Å². The summed E-state index contributed by atoms with van der Waals surface area (Å²) in [6.07, 6.45) is 3.56. The largest absolute Gasteiger partial charge is 0.497 e. The van der Waals surface area contributed by atoms with Gasteiger partial charge in [0.1, 0.15) is 11.6 Å². The lowest BCUT2D eigenvalue weighted by Crippen LogP contribution is -2.48. The van der Waals surface area contributed by atoms with Gasteiger partial charge in [-0.3, -0.25) is 9.69 Å². The molecule has 190 valence electrons. The van der Waals surface area contributed by atoms with Crippen LogP contribution < -0.4 is 9.64 Å². The number of imidazole rings is 1. The number of hydrogen-bond acceptors (Lipinski definition) is 7. The van der Waals surface area contributed by atoms with Gasteiger partial charge < -0.3 is 14.6 Å². The van der Waals surface area contributed by atoms with Crippen LogP contribution in [-0.2, 0) is 0 Å². The Hall–Kier alpha value is -4.56. The zero-order valence-corrected chi connectivity index (χ0v) is 21.1. The van der Waals surface area contributed by atoms with E-state index in [0.717, 1.165) is 60.3 Å². The summed E-state index contributed by atoms with van der Waals surface area (Å²) < 4.78 is 5.39. The molecule has 1 aliphatic heterocycles. The molecule has 1 N–H and O–H groups in total. The van der Waals surface area contributed by atoms with Gasteiger partial charge in [-0.15, -0.1) is 0 Å². The summed E-state index contributed by atoms with van der Waals surface area (Å²) in [5, 5.41) is 0. The van der Waals surface area contributed by atoms with Gasteiger partial charge in [0.15, 0.2) is 5.78 Å². The average molecular weight is 505 g/mol. The van der Waals surface area contributed by atoms with E-state index < -0.39 is 0 Å². The molecule has 1 atom stereocenters. The Kier molecular flexibility index (Phi) is 6.54. The zero-order chi connectivity index (χ0) is 25.9. The second-order valence-corrected chi connectivity index (χ2v) is 9.30. The van der Waals surface area contributed by atoms with Crippen molar-refractivity contribution < 1.29 is 9.53 Å². The number of methoxy groups -OCH3 is 1. The van der Waals surface area contributed by atoms with E-state index in [-0.39, 0.29) is 11.8 Å². The van der Waals surface area contributed by atoms with Crippen LogP contribution in [0.15, 0.2) is 91.3 Å². The topological polar surface area (TPSA) is 87.2 Å². The molecule has 6 rings (SSSR count). The fourth-order valence-electron chi connectivity index (χ4n) is 5.02. The van der Waals surface area contributed by atoms with E-state index in [0.29, 0.717) is 11.1 Å². The molecular formula is C30H28N6O2. The minimum atomic E-state index is -0.0829. The number of nitrogens with zero attached hydrogens (tertiary/aromatic N) is 5. The molecule has 0 saturated carbocycles. The summed E-state index contributed by atoms with van der Waals surface area (Å²) >= 11 is 0. The molecule has 0 amide bonds. The van der Waals surface area contributed by atoms with Gasteiger partial charge in [-0.05, 0) is 42.0 Å². The van der Waals surface area contributed by atoms with Crippen molar-refractivity contribution in [1.29, 1.82) is 0 Å². The number of hydrogen-bond donors (Lipinski definition) is 1. The number of ketones is 1. The molecule has 0 aliphatic carbocycles. The van der Waals surface area contributed by atoms with Crippen LogP contribution in [-0.4, -0.2) is 63.9 Å². The van der Waals surface area contributed by atoms with Crippen LogP contribution in [0, 0.1) is 0 Å². The highest BCUT2D eigenvalue weighted by Crippen LogP contribution is 2.31. The first-order valence-electron chi connectivity index (χ1n) is 12.7. The second-order valence-electron chi connectivity index (χ2n) is 9.30. The van der Waals surface area contributed by atoms with E-state index in [2.05, 4.69) is 36.9 Å². The van der Waals surface area contributed by atoms with Crippen molar-refractivity contribution in [3.8, 4) is 5.75 Å². The van der Waals surface area contributed by atoms with E-state index in [1.54, 1.807) is 19.5 Å². The first kappa shape index (κ1) is 23.8. The van der Waals surface area contributed by atoms with E-state index in [9.17, 15) is 4.79 Å². The van der Waals surface area contributed by atoms with Crippen molar-refractivity contribution in [3.05, 3.63) is 114 Å². The predicted molar refractivity (Wildman–Crippen MR) is 147 cm³/mol. The van der Waals surface area contributed by atoms with Crippen LogP contribution in [0.4, 0.5) is 5.95 Å². The molecule has 8 nitrogen and oxygen atoms in total. The van der Waals surface area contributed by atoms with Gasteiger partial charge in [0.2, 0.25) is 5.95 Å². The molecule has 0 radical (unpaired) electrons. The number of piperazine rings is 1. The highest BCUT2D eigenvalue weighted by atomic mass is 16.5. The molecule has 3 heterocycles. The first-order valence-corrected chi connectivity index (χ1v) is 12.7. The quantitative estimate of drug-likeness (QED) is 0.327. The SMILES string of the molecule is COc1ccc(C(c2nc3ccc(C(=O)c4ccccc4)cc3[nH]2)N2CCN(c3ncccn3)CC2)cc1. The van der Waals surface area contributed by atoms with Crippen LogP contribution >= 0.6 is 0 Å². The van der Waals surface area contributed by atoms with E-state index in [4.69, 9.17) is 9.72 Å². The molecule has 1 unspecified atom stereocenters. The molecule has 1 aliphatic rings. The summed E-state index contributed by atoms with van der Waals surface area (Å²) in [6, 6.07) is 24.9. The summed E-state index contributed by atoms with van der Waals surface area (Å²) in [5.41, 5.74) is 4.10. The number of anilines is 1. The van der Waals surface area contributed by atoms with Gasteiger partial charge in [0, 0.05) is 49.7 Å². The van der Waals surface area contributed by atoms with Gasteiger partial charge in [0.05, 0.1) is 24.2 Å². The number of ether oxygens (including phenoxy) is 1. The number of carbonyl (C=O) groups excluding carboxylic acids is 1. The molecule has 38 heavy (non-hydrogen) atoms. The van der Waals surface area contributed by atoms with E-state index in [1.165, 1.54) is 0 Å². The lowest BCUT2D eigenvalue weighted by molar-refractivity contribution is 0.103. The number of H-pyrrole nitrogens is 1. The fraction of sp³-hybridized carbons (Fsp3) is 0.200. The van der Waals surface area contributed by atoms with Gasteiger partial charge in [-0.25, -0.2) is 15.0 Å². The van der Waals surface area contributed by atoms with Gasteiger partial charge in [0.25, 0.3) is 0 Å². The van der Waals surface area contributed by atoms with Gasteiger partial charge in [-0.2, -0.15) is 0 Å². The Morgan fingerprint density at radius 3 is 2.32 bits per heavy atom. The molecule has 0 spiro atoms. The number of aromatic amines is 1. The minimum absolute atomic E-state index is 0.00499. The number of fused-ring (bicyclic) bond motifs is 1. The molecule has 5 aromatic rings. The monoisotopic (exact) mass is 504 g/mol. The summed E-state index contributed by atoms with van der Waals surface area (Å²) in [7, 11) is 1.67. The van der Waals surface area contributed by atoms with Crippen LogP contribution in [0.25, 0.3) is 11.0 Å². The van der Waals surface area contributed by atoms with Gasteiger partial charge in [-0.1, -0.05) is 42.5 Å². The van der Waals surface area contributed by atoms with Crippen LogP contribution in [0.2, 0.25) is 0 Å². The lowest BCUT2D eigenvalue weighted by atomic mass is 10.0. The van der Waals surface area contributed by atoms with Crippen molar-refractivity contribution in [3.63, 3.8) is 0 Å². The molecular weight excluding hydrogens is 476 g/mol. The molecule has 1 saturated heterocycles. The minimum Gasteiger partial charge on any atom is -0.497 e. The molecule has 2 aromatic heterocycles. The van der Waals surface area contributed by atoms with Crippen molar-refractivity contribution in [1.82, 2.24) is 24.8 Å². The normalized spacial score (nSPS) is 14.9. The van der Waals surface area contributed by atoms with Crippen molar-refractivity contribution in [2.45, 2.75) is 6.04 Å². The predicted octanol–water partition coefficient (Wildman–Crippen LogP) is 4.50. The highest BCUT2D eigenvalue weighted by Gasteiger charge is 2.29. The summed E-state index contributed by atoms with van der Waals surface area (Å²) in [4.78, 5) is 35.0. The van der Waals surface area contributed by atoms with Crippen LogP contribution in [0.3, 0.4) is 0 Å². The average Bonchev–Trinajstić information content (AvgIpc) is 3.41. The Morgan fingerprint density at radius 1 is 0.868 bits per heavy atom. The van der Waals surface area contributed by atoms with Crippen molar-refractivity contribution >= 4 is 22.8 Å².